The van der Waals surface area contributed by atoms with Crippen molar-refractivity contribution in [2.24, 2.45) is 22.2 Å². The Bertz CT molecular complexity index is 635. The minimum Gasteiger partial charge on any atom is -0.456 e. The van der Waals surface area contributed by atoms with Crippen LogP contribution in [0.4, 0.5) is 0 Å². The molecule has 0 spiro atoms. The van der Waals surface area contributed by atoms with E-state index < -0.39 is 17.2 Å². The standard InChI is InChI=1S/C26H46O4/c1-14-20(27)25(10,11)29-18-22(4,5)17-23(6,7)19(3)16-24(8,9)26(12,13)30-21(28)15-2/h14-15,19H,1-2,16-18H2,3-13H3. The summed E-state index contributed by atoms with van der Waals surface area (Å²) in [7, 11) is 0. The Labute approximate surface area is 185 Å². The monoisotopic (exact) mass is 422 g/mol. The summed E-state index contributed by atoms with van der Waals surface area (Å²) in [5.74, 6) is -0.129. The molecule has 1 unspecified atom stereocenters. The van der Waals surface area contributed by atoms with E-state index in [1.54, 1.807) is 13.8 Å². The Balaban J connectivity index is 5.25. The molecular weight excluding hydrogens is 376 g/mol. The van der Waals surface area contributed by atoms with E-state index in [2.05, 4.69) is 61.6 Å². The molecule has 174 valence electrons. The molecule has 0 saturated heterocycles. The van der Waals surface area contributed by atoms with Crippen molar-refractivity contribution in [3.05, 3.63) is 25.3 Å². The predicted molar refractivity (Wildman–Crippen MR) is 125 cm³/mol. The molecule has 1 atom stereocenters. The average Bonchev–Trinajstić information content (AvgIpc) is 2.57. The van der Waals surface area contributed by atoms with E-state index in [9.17, 15) is 9.59 Å². The zero-order valence-electron chi connectivity index (χ0n) is 21.4. The maximum atomic E-state index is 12.0. The zero-order chi connectivity index (χ0) is 24.2. The molecule has 0 fully saturated rings. The lowest BCUT2D eigenvalue weighted by Gasteiger charge is -2.46. The van der Waals surface area contributed by atoms with Crippen LogP contribution in [0.3, 0.4) is 0 Å². The van der Waals surface area contributed by atoms with Gasteiger partial charge in [0.1, 0.15) is 11.2 Å². The fourth-order valence-electron chi connectivity index (χ4n) is 3.87. The van der Waals surface area contributed by atoms with Crippen molar-refractivity contribution in [2.45, 2.75) is 100 Å². The van der Waals surface area contributed by atoms with Gasteiger partial charge in [-0.05, 0) is 63.4 Å². The highest BCUT2D eigenvalue weighted by atomic mass is 16.6. The van der Waals surface area contributed by atoms with E-state index in [-0.39, 0.29) is 22.0 Å². The second kappa shape index (κ2) is 9.80. The molecule has 0 aromatic carbocycles. The van der Waals surface area contributed by atoms with Gasteiger partial charge in [-0.1, -0.05) is 61.6 Å². The number of carbonyl (C=O) groups is 2. The molecule has 0 radical (unpaired) electrons. The summed E-state index contributed by atoms with van der Waals surface area (Å²) >= 11 is 0. The average molecular weight is 423 g/mol. The van der Waals surface area contributed by atoms with Gasteiger partial charge in [-0.2, -0.15) is 0 Å². The Hall–Kier alpha value is -1.42. The summed E-state index contributed by atoms with van der Waals surface area (Å²) in [4.78, 5) is 23.8. The molecule has 0 saturated carbocycles. The van der Waals surface area contributed by atoms with E-state index in [4.69, 9.17) is 9.47 Å². The number of esters is 1. The largest absolute Gasteiger partial charge is 0.456 e. The van der Waals surface area contributed by atoms with Gasteiger partial charge < -0.3 is 9.47 Å². The van der Waals surface area contributed by atoms with Gasteiger partial charge in [0.05, 0.1) is 6.61 Å². The molecule has 0 aromatic heterocycles. The van der Waals surface area contributed by atoms with Crippen LogP contribution in [0.5, 0.6) is 0 Å². The van der Waals surface area contributed by atoms with Crippen LogP contribution in [-0.2, 0) is 19.1 Å². The Morgan fingerprint density at radius 1 is 0.900 bits per heavy atom. The van der Waals surface area contributed by atoms with Crippen LogP contribution in [0.1, 0.15) is 89.0 Å². The number of rotatable bonds is 13. The molecule has 0 aliphatic heterocycles. The summed E-state index contributed by atoms with van der Waals surface area (Å²) in [6, 6.07) is 0. The van der Waals surface area contributed by atoms with Gasteiger partial charge in [0.15, 0.2) is 5.78 Å². The molecule has 0 aliphatic rings. The van der Waals surface area contributed by atoms with Gasteiger partial charge in [-0.25, -0.2) is 4.79 Å². The molecule has 4 heteroatoms. The van der Waals surface area contributed by atoms with Crippen LogP contribution in [0, 0.1) is 22.2 Å². The third-order valence-corrected chi connectivity index (χ3v) is 6.84. The van der Waals surface area contributed by atoms with Crippen LogP contribution in [0.25, 0.3) is 0 Å². The fourth-order valence-corrected chi connectivity index (χ4v) is 3.87. The molecule has 0 aromatic rings. The number of ether oxygens (including phenoxy) is 2. The summed E-state index contributed by atoms with van der Waals surface area (Å²) in [5.41, 5.74) is -1.78. The van der Waals surface area contributed by atoms with E-state index >= 15 is 0 Å². The van der Waals surface area contributed by atoms with E-state index in [1.807, 2.05) is 13.8 Å². The molecule has 0 amide bonds. The number of ketones is 1. The molecule has 30 heavy (non-hydrogen) atoms. The van der Waals surface area contributed by atoms with Crippen molar-refractivity contribution >= 4 is 11.8 Å². The SMILES string of the molecule is C=CC(=O)OC(C)(C)C(C)(C)CC(C)C(C)(C)CC(C)(C)COC(C)(C)C(=O)C=C. The minimum absolute atomic E-state index is 0.0231. The van der Waals surface area contributed by atoms with Gasteiger partial charge in [0.2, 0.25) is 0 Å². The van der Waals surface area contributed by atoms with E-state index in [0.717, 1.165) is 12.8 Å². The van der Waals surface area contributed by atoms with Crippen LogP contribution < -0.4 is 0 Å². The van der Waals surface area contributed by atoms with Crippen LogP contribution in [0.2, 0.25) is 0 Å². The van der Waals surface area contributed by atoms with Gasteiger partial charge in [-0.15, -0.1) is 0 Å². The highest BCUT2D eigenvalue weighted by Gasteiger charge is 2.44. The van der Waals surface area contributed by atoms with Crippen molar-refractivity contribution < 1.29 is 19.1 Å². The van der Waals surface area contributed by atoms with Crippen LogP contribution in [-0.4, -0.2) is 29.6 Å². The first-order valence-corrected chi connectivity index (χ1v) is 10.9. The summed E-state index contributed by atoms with van der Waals surface area (Å²) in [6.07, 6.45) is 4.37. The van der Waals surface area contributed by atoms with E-state index in [0.29, 0.717) is 12.5 Å². The van der Waals surface area contributed by atoms with Gasteiger partial charge in [0.25, 0.3) is 0 Å². The van der Waals surface area contributed by atoms with Crippen LogP contribution in [0.15, 0.2) is 25.3 Å². The first-order chi connectivity index (χ1) is 13.2. The molecule has 0 heterocycles. The Kier molecular flexibility index (Phi) is 9.34. The first kappa shape index (κ1) is 28.6. The first-order valence-electron chi connectivity index (χ1n) is 10.9. The number of hydrogen-bond donors (Lipinski definition) is 0. The number of hydrogen-bond acceptors (Lipinski definition) is 4. The highest BCUT2D eigenvalue weighted by Crippen LogP contribution is 2.47. The van der Waals surface area contributed by atoms with Crippen molar-refractivity contribution in [3.8, 4) is 0 Å². The van der Waals surface area contributed by atoms with Crippen LogP contribution >= 0.6 is 0 Å². The second-order valence-corrected chi connectivity index (χ2v) is 11.8. The molecule has 0 N–H and O–H groups in total. The lowest BCUT2D eigenvalue weighted by molar-refractivity contribution is -0.164. The van der Waals surface area contributed by atoms with Crippen molar-refractivity contribution in [3.63, 3.8) is 0 Å². The molecule has 0 bridgehead atoms. The van der Waals surface area contributed by atoms with Gasteiger partial charge in [0, 0.05) is 11.5 Å². The summed E-state index contributed by atoms with van der Waals surface area (Å²) < 4.78 is 11.7. The summed E-state index contributed by atoms with van der Waals surface area (Å²) in [6.45, 7) is 30.5. The Morgan fingerprint density at radius 2 is 1.40 bits per heavy atom. The maximum absolute atomic E-state index is 12.0. The topological polar surface area (TPSA) is 52.6 Å². The minimum atomic E-state index is -0.865. The molecule has 0 aliphatic carbocycles. The van der Waals surface area contributed by atoms with Crippen molar-refractivity contribution in [1.29, 1.82) is 0 Å². The van der Waals surface area contributed by atoms with E-state index in [1.165, 1.54) is 12.2 Å². The third-order valence-electron chi connectivity index (χ3n) is 6.84. The quantitative estimate of drug-likeness (QED) is 0.250. The predicted octanol–water partition coefficient (Wildman–Crippen LogP) is 6.54. The molecule has 0 rings (SSSR count). The van der Waals surface area contributed by atoms with Crippen molar-refractivity contribution in [1.82, 2.24) is 0 Å². The highest BCUT2D eigenvalue weighted by molar-refractivity contribution is 5.95. The molecular formula is C26H46O4. The second-order valence-electron chi connectivity index (χ2n) is 11.8. The lowest BCUT2D eigenvalue weighted by atomic mass is 9.62. The smallest absolute Gasteiger partial charge is 0.330 e. The lowest BCUT2D eigenvalue weighted by Crippen LogP contribution is -2.45. The number of carbonyl (C=O) groups excluding carboxylic acids is 2. The normalized spacial score (nSPS) is 14.8. The maximum Gasteiger partial charge on any atom is 0.330 e. The third kappa shape index (κ3) is 8.02. The zero-order valence-corrected chi connectivity index (χ0v) is 21.4. The van der Waals surface area contributed by atoms with Gasteiger partial charge >= 0.3 is 5.97 Å². The summed E-state index contributed by atoms with van der Waals surface area (Å²) in [5, 5.41) is 0. The van der Waals surface area contributed by atoms with Gasteiger partial charge in [-0.3, -0.25) is 4.79 Å². The Morgan fingerprint density at radius 3 is 1.83 bits per heavy atom. The fraction of sp³-hybridized carbons (Fsp3) is 0.769. The molecule has 4 nitrogen and oxygen atoms in total. The van der Waals surface area contributed by atoms with Crippen molar-refractivity contribution in [2.75, 3.05) is 6.61 Å².